The maximum absolute atomic E-state index is 12.4. The molecule has 0 aromatic rings. The van der Waals surface area contributed by atoms with Crippen molar-refractivity contribution in [1.29, 1.82) is 0 Å². The van der Waals surface area contributed by atoms with Gasteiger partial charge >= 0.3 is 11.9 Å². The molecule has 25 heavy (non-hydrogen) atoms. The van der Waals surface area contributed by atoms with E-state index < -0.39 is 53.2 Å². The lowest BCUT2D eigenvalue weighted by atomic mass is 9.96. The monoisotopic (exact) mass is 360 g/mol. The van der Waals surface area contributed by atoms with Gasteiger partial charge in [0.2, 0.25) is 18.2 Å². The Morgan fingerprint density at radius 3 is 2.04 bits per heavy atom. The number of carbonyl (C=O) groups excluding carboxylic acids is 3. The molecule has 1 aliphatic rings. The van der Waals surface area contributed by atoms with E-state index in [0.717, 1.165) is 0 Å². The SMILES string of the molecule is CO[C@H]1O[C@H](COC(=O)C(C)(C)C)[C@@H](O)C(=O)[C@H]1OC(=O)C(C)(C)C. The summed E-state index contributed by atoms with van der Waals surface area (Å²) in [5.41, 5.74) is -1.56. The molecule has 144 valence electrons. The van der Waals surface area contributed by atoms with Crippen LogP contribution in [0.5, 0.6) is 0 Å². The van der Waals surface area contributed by atoms with Crippen molar-refractivity contribution in [3.05, 3.63) is 0 Å². The van der Waals surface area contributed by atoms with Crippen LogP contribution in [0.15, 0.2) is 0 Å². The number of ether oxygens (including phenoxy) is 4. The van der Waals surface area contributed by atoms with Gasteiger partial charge in [-0.3, -0.25) is 14.4 Å². The molecule has 4 atom stereocenters. The van der Waals surface area contributed by atoms with Crippen molar-refractivity contribution in [2.75, 3.05) is 13.7 Å². The number of Topliss-reactive ketones (excluding diaryl/α,β-unsaturated/α-hetero) is 1. The Balaban J connectivity index is 2.81. The van der Waals surface area contributed by atoms with Crippen LogP contribution in [-0.4, -0.2) is 61.1 Å². The van der Waals surface area contributed by atoms with Crippen molar-refractivity contribution in [1.82, 2.24) is 0 Å². The summed E-state index contributed by atoms with van der Waals surface area (Å²) in [4.78, 5) is 36.2. The van der Waals surface area contributed by atoms with E-state index in [1.54, 1.807) is 41.5 Å². The Hall–Kier alpha value is -1.51. The summed E-state index contributed by atoms with van der Waals surface area (Å²) in [5, 5.41) is 10.1. The minimum Gasteiger partial charge on any atom is -0.462 e. The van der Waals surface area contributed by atoms with Crippen molar-refractivity contribution in [3.8, 4) is 0 Å². The van der Waals surface area contributed by atoms with E-state index in [0.29, 0.717) is 0 Å². The number of aliphatic hydroxyl groups excluding tert-OH is 1. The molecule has 1 heterocycles. The second-order valence-corrected chi connectivity index (χ2v) is 8.05. The summed E-state index contributed by atoms with van der Waals surface area (Å²) in [6.07, 6.45) is -5.29. The Morgan fingerprint density at radius 2 is 1.60 bits per heavy atom. The molecule has 0 aromatic heterocycles. The molecular weight excluding hydrogens is 332 g/mol. The topological polar surface area (TPSA) is 108 Å². The molecule has 1 saturated heterocycles. The number of carbonyl (C=O) groups is 3. The minimum atomic E-state index is -1.60. The average Bonchev–Trinajstić information content (AvgIpc) is 2.48. The zero-order chi connectivity index (χ0) is 19.6. The number of hydrogen-bond acceptors (Lipinski definition) is 8. The standard InChI is InChI=1S/C17H28O8/c1-16(2,3)14(20)23-8-9-10(18)11(19)12(13(22-7)24-9)25-15(21)17(4,5)6/h9-10,12-13,18H,8H2,1-7H3/t9-,10-,12-,13+/m1/s1. The van der Waals surface area contributed by atoms with Crippen LogP contribution in [0.1, 0.15) is 41.5 Å². The molecule has 0 radical (unpaired) electrons. The van der Waals surface area contributed by atoms with Gasteiger partial charge in [-0.2, -0.15) is 0 Å². The summed E-state index contributed by atoms with van der Waals surface area (Å²) in [7, 11) is 1.28. The highest BCUT2D eigenvalue weighted by atomic mass is 16.7. The van der Waals surface area contributed by atoms with Crippen LogP contribution in [-0.2, 0) is 33.3 Å². The summed E-state index contributed by atoms with van der Waals surface area (Å²) in [6.45, 7) is 9.63. The quantitative estimate of drug-likeness (QED) is 0.735. The third-order valence-electron chi connectivity index (χ3n) is 3.55. The van der Waals surface area contributed by atoms with E-state index >= 15 is 0 Å². The van der Waals surface area contributed by atoms with Gasteiger partial charge in [0, 0.05) is 7.11 Å². The minimum absolute atomic E-state index is 0.317. The number of ketones is 1. The van der Waals surface area contributed by atoms with Gasteiger partial charge in [0.05, 0.1) is 10.8 Å². The highest BCUT2D eigenvalue weighted by Gasteiger charge is 2.48. The van der Waals surface area contributed by atoms with E-state index in [2.05, 4.69) is 0 Å². The number of rotatable bonds is 4. The molecule has 1 aliphatic heterocycles. The van der Waals surface area contributed by atoms with Crippen LogP contribution in [0.3, 0.4) is 0 Å². The Morgan fingerprint density at radius 1 is 1.08 bits per heavy atom. The summed E-state index contributed by atoms with van der Waals surface area (Å²) < 4.78 is 20.8. The lowest BCUT2D eigenvalue weighted by molar-refractivity contribution is -0.256. The van der Waals surface area contributed by atoms with Gasteiger partial charge in [-0.1, -0.05) is 0 Å². The average molecular weight is 360 g/mol. The van der Waals surface area contributed by atoms with Gasteiger partial charge in [-0.25, -0.2) is 0 Å². The molecule has 1 N–H and O–H groups in total. The lowest BCUT2D eigenvalue weighted by Crippen LogP contribution is -2.58. The van der Waals surface area contributed by atoms with Crippen molar-refractivity contribution in [2.24, 2.45) is 10.8 Å². The lowest BCUT2D eigenvalue weighted by Gasteiger charge is -2.37. The summed E-state index contributed by atoms with van der Waals surface area (Å²) in [5.74, 6) is -1.88. The molecule has 0 saturated carbocycles. The smallest absolute Gasteiger partial charge is 0.312 e. The Bertz CT molecular complexity index is 514. The molecule has 0 unspecified atom stereocenters. The van der Waals surface area contributed by atoms with Gasteiger partial charge in [0.15, 0.2) is 0 Å². The molecule has 0 aliphatic carbocycles. The van der Waals surface area contributed by atoms with Crippen LogP contribution in [0, 0.1) is 10.8 Å². The van der Waals surface area contributed by atoms with Crippen LogP contribution in [0.2, 0.25) is 0 Å². The molecule has 1 rings (SSSR count). The molecule has 0 amide bonds. The second kappa shape index (κ2) is 7.80. The molecule has 0 aromatic carbocycles. The van der Waals surface area contributed by atoms with Gasteiger partial charge in [0.25, 0.3) is 0 Å². The van der Waals surface area contributed by atoms with Crippen molar-refractivity contribution < 1.29 is 38.4 Å². The van der Waals surface area contributed by atoms with Crippen LogP contribution < -0.4 is 0 Å². The second-order valence-electron chi connectivity index (χ2n) is 8.05. The fourth-order valence-electron chi connectivity index (χ4n) is 1.89. The number of esters is 2. The maximum atomic E-state index is 12.4. The van der Waals surface area contributed by atoms with Crippen molar-refractivity contribution in [2.45, 2.75) is 66.1 Å². The molecule has 1 fully saturated rings. The predicted molar refractivity (Wildman–Crippen MR) is 86.4 cm³/mol. The van der Waals surface area contributed by atoms with E-state index in [1.165, 1.54) is 7.11 Å². The highest BCUT2D eigenvalue weighted by Crippen LogP contribution is 2.25. The highest BCUT2D eigenvalue weighted by molar-refractivity contribution is 5.91. The Labute approximate surface area is 147 Å². The number of aliphatic hydroxyl groups is 1. The predicted octanol–water partition coefficient (Wildman–Crippen LogP) is 0.835. The first-order valence-corrected chi connectivity index (χ1v) is 8.07. The van der Waals surface area contributed by atoms with Gasteiger partial charge in [-0.15, -0.1) is 0 Å². The molecular formula is C17H28O8. The van der Waals surface area contributed by atoms with Crippen LogP contribution in [0.25, 0.3) is 0 Å². The van der Waals surface area contributed by atoms with E-state index in [-0.39, 0.29) is 6.61 Å². The summed E-state index contributed by atoms with van der Waals surface area (Å²) in [6, 6.07) is 0. The van der Waals surface area contributed by atoms with E-state index in [9.17, 15) is 19.5 Å². The van der Waals surface area contributed by atoms with Crippen LogP contribution >= 0.6 is 0 Å². The first-order valence-electron chi connectivity index (χ1n) is 8.07. The zero-order valence-corrected chi connectivity index (χ0v) is 15.8. The Kier molecular flexibility index (Phi) is 6.72. The normalized spacial score (nSPS) is 27.8. The summed E-state index contributed by atoms with van der Waals surface area (Å²) >= 11 is 0. The third kappa shape index (κ3) is 5.49. The van der Waals surface area contributed by atoms with Crippen LogP contribution in [0.4, 0.5) is 0 Å². The fourth-order valence-corrected chi connectivity index (χ4v) is 1.89. The number of methoxy groups -OCH3 is 1. The van der Waals surface area contributed by atoms with Gasteiger partial charge in [0.1, 0.15) is 18.8 Å². The number of hydrogen-bond donors (Lipinski definition) is 1. The maximum Gasteiger partial charge on any atom is 0.312 e. The van der Waals surface area contributed by atoms with E-state index in [1.807, 2.05) is 0 Å². The van der Waals surface area contributed by atoms with Crippen molar-refractivity contribution >= 4 is 17.7 Å². The largest absolute Gasteiger partial charge is 0.462 e. The van der Waals surface area contributed by atoms with Gasteiger partial charge < -0.3 is 24.1 Å². The fraction of sp³-hybridized carbons (Fsp3) is 0.824. The van der Waals surface area contributed by atoms with Gasteiger partial charge in [-0.05, 0) is 41.5 Å². The third-order valence-corrected chi connectivity index (χ3v) is 3.55. The molecule has 0 spiro atoms. The zero-order valence-electron chi connectivity index (χ0n) is 15.8. The van der Waals surface area contributed by atoms with E-state index in [4.69, 9.17) is 18.9 Å². The first-order chi connectivity index (χ1) is 11.3. The molecule has 8 heteroatoms. The first kappa shape index (κ1) is 21.5. The molecule has 0 bridgehead atoms. The van der Waals surface area contributed by atoms with Crippen molar-refractivity contribution in [3.63, 3.8) is 0 Å². The molecule has 8 nitrogen and oxygen atoms in total.